The van der Waals surface area contributed by atoms with E-state index in [1.54, 1.807) is 11.8 Å². The van der Waals surface area contributed by atoms with E-state index in [-0.39, 0.29) is 5.56 Å². The van der Waals surface area contributed by atoms with E-state index in [1.807, 2.05) is 0 Å². The highest BCUT2D eigenvalue weighted by molar-refractivity contribution is 7.98. The Labute approximate surface area is 80.0 Å². The first kappa shape index (κ1) is 7.62. The Morgan fingerprint density at radius 3 is 3.00 bits per heavy atom. The van der Waals surface area contributed by atoms with Gasteiger partial charge in [-0.1, -0.05) is 0 Å². The van der Waals surface area contributed by atoms with Gasteiger partial charge in [0.05, 0.1) is 5.69 Å². The lowest BCUT2D eigenvalue weighted by Gasteiger charge is -2.00. The minimum absolute atomic E-state index is 0.0944. The van der Waals surface area contributed by atoms with Gasteiger partial charge in [-0.3, -0.25) is 4.79 Å². The van der Waals surface area contributed by atoms with Gasteiger partial charge in [0.15, 0.2) is 0 Å². The number of thioether (sulfide) groups is 1. The lowest BCUT2D eigenvalue weighted by molar-refractivity contribution is 0.874. The SMILES string of the molecule is O=c1[nH]c(C2CC2)nc2c1CSC2. The molecule has 1 aromatic heterocycles. The van der Waals surface area contributed by atoms with E-state index in [9.17, 15) is 4.79 Å². The summed E-state index contributed by atoms with van der Waals surface area (Å²) in [6.07, 6.45) is 2.38. The van der Waals surface area contributed by atoms with E-state index < -0.39 is 0 Å². The van der Waals surface area contributed by atoms with Crippen LogP contribution in [0.15, 0.2) is 4.79 Å². The van der Waals surface area contributed by atoms with E-state index in [4.69, 9.17) is 0 Å². The average molecular weight is 194 g/mol. The molecule has 0 amide bonds. The van der Waals surface area contributed by atoms with Gasteiger partial charge in [0, 0.05) is 23.0 Å². The predicted molar refractivity (Wildman–Crippen MR) is 51.8 cm³/mol. The van der Waals surface area contributed by atoms with E-state index in [0.717, 1.165) is 28.6 Å². The number of aromatic amines is 1. The fraction of sp³-hybridized carbons (Fsp3) is 0.556. The summed E-state index contributed by atoms with van der Waals surface area (Å²) in [5, 5.41) is 0. The first-order chi connectivity index (χ1) is 6.34. The van der Waals surface area contributed by atoms with Gasteiger partial charge in [0.25, 0.3) is 5.56 Å². The van der Waals surface area contributed by atoms with Crippen molar-refractivity contribution in [1.29, 1.82) is 0 Å². The van der Waals surface area contributed by atoms with Crippen molar-refractivity contribution in [3.05, 3.63) is 27.4 Å². The number of rotatable bonds is 1. The van der Waals surface area contributed by atoms with Gasteiger partial charge in [-0.25, -0.2) is 4.98 Å². The highest BCUT2D eigenvalue weighted by Gasteiger charge is 2.28. The second-order valence-electron chi connectivity index (χ2n) is 3.64. The Bertz CT molecular complexity index is 409. The molecule has 0 unspecified atom stereocenters. The molecule has 0 saturated heterocycles. The Hall–Kier alpha value is -0.770. The van der Waals surface area contributed by atoms with Crippen molar-refractivity contribution in [2.75, 3.05) is 0 Å². The number of nitrogens with zero attached hydrogens (tertiary/aromatic N) is 1. The molecule has 1 saturated carbocycles. The van der Waals surface area contributed by atoms with Gasteiger partial charge in [-0.2, -0.15) is 11.8 Å². The van der Waals surface area contributed by atoms with Crippen molar-refractivity contribution in [3.8, 4) is 0 Å². The quantitative estimate of drug-likeness (QED) is 0.735. The van der Waals surface area contributed by atoms with Crippen LogP contribution < -0.4 is 5.56 Å². The summed E-state index contributed by atoms with van der Waals surface area (Å²) in [6.45, 7) is 0. The molecule has 68 valence electrons. The van der Waals surface area contributed by atoms with Crippen molar-refractivity contribution in [2.24, 2.45) is 0 Å². The van der Waals surface area contributed by atoms with E-state index >= 15 is 0 Å². The van der Waals surface area contributed by atoms with Gasteiger partial charge in [-0.15, -0.1) is 0 Å². The largest absolute Gasteiger partial charge is 0.310 e. The molecule has 1 aliphatic carbocycles. The van der Waals surface area contributed by atoms with Crippen LogP contribution in [0.1, 0.15) is 35.8 Å². The molecule has 1 N–H and O–H groups in total. The van der Waals surface area contributed by atoms with Crippen LogP contribution in [-0.4, -0.2) is 9.97 Å². The maximum atomic E-state index is 11.6. The van der Waals surface area contributed by atoms with Crippen molar-refractivity contribution in [1.82, 2.24) is 9.97 Å². The summed E-state index contributed by atoms with van der Waals surface area (Å²) in [4.78, 5) is 18.9. The third kappa shape index (κ3) is 1.20. The van der Waals surface area contributed by atoms with Crippen LogP contribution in [0, 0.1) is 0 Å². The molecule has 1 fully saturated rings. The Morgan fingerprint density at radius 1 is 1.38 bits per heavy atom. The third-order valence-corrected chi connectivity index (χ3v) is 3.54. The second kappa shape index (κ2) is 2.61. The summed E-state index contributed by atoms with van der Waals surface area (Å²) in [6, 6.07) is 0. The molecular formula is C9H10N2OS. The molecule has 4 heteroatoms. The van der Waals surface area contributed by atoms with E-state index in [0.29, 0.717) is 5.92 Å². The van der Waals surface area contributed by atoms with E-state index in [1.165, 1.54) is 12.8 Å². The number of aromatic nitrogens is 2. The summed E-state index contributed by atoms with van der Waals surface area (Å²) in [7, 11) is 0. The zero-order chi connectivity index (χ0) is 8.84. The lowest BCUT2D eigenvalue weighted by atomic mass is 10.2. The van der Waals surface area contributed by atoms with Crippen molar-refractivity contribution in [3.63, 3.8) is 0 Å². The van der Waals surface area contributed by atoms with Gasteiger partial charge in [0.1, 0.15) is 5.82 Å². The summed E-state index contributed by atoms with van der Waals surface area (Å²) >= 11 is 1.78. The summed E-state index contributed by atoms with van der Waals surface area (Å²) < 4.78 is 0. The molecule has 3 nitrogen and oxygen atoms in total. The number of nitrogens with one attached hydrogen (secondary N) is 1. The zero-order valence-electron chi connectivity index (χ0n) is 7.17. The highest BCUT2D eigenvalue weighted by atomic mass is 32.2. The second-order valence-corrected chi connectivity index (χ2v) is 4.63. The smallest absolute Gasteiger partial charge is 0.255 e. The van der Waals surface area contributed by atoms with Crippen LogP contribution >= 0.6 is 11.8 Å². The first-order valence-electron chi connectivity index (χ1n) is 4.54. The number of H-pyrrole nitrogens is 1. The Morgan fingerprint density at radius 2 is 2.23 bits per heavy atom. The monoisotopic (exact) mass is 194 g/mol. The lowest BCUT2D eigenvalue weighted by Crippen LogP contribution is -2.16. The highest BCUT2D eigenvalue weighted by Crippen LogP contribution is 2.38. The molecule has 0 aromatic carbocycles. The van der Waals surface area contributed by atoms with E-state index in [2.05, 4.69) is 9.97 Å². The fourth-order valence-corrected chi connectivity index (χ4v) is 2.67. The molecule has 0 bridgehead atoms. The minimum Gasteiger partial charge on any atom is -0.310 e. The Balaban J connectivity index is 2.16. The molecule has 0 spiro atoms. The van der Waals surface area contributed by atoms with Crippen LogP contribution in [0.3, 0.4) is 0 Å². The molecule has 0 radical (unpaired) electrons. The maximum Gasteiger partial charge on any atom is 0.255 e. The van der Waals surface area contributed by atoms with Gasteiger partial charge in [-0.05, 0) is 12.8 Å². The third-order valence-electron chi connectivity index (χ3n) is 2.57. The topological polar surface area (TPSA) is 45.8 Å². The zero-order valence-corrected chi connectivity index (χ0v) is 7.99. The van der Waals surface area contributed by atoms with Crippen LogP contribution in [0.5, 0.6) is 0 Å². The summed E-state index contributed by atoms with van der Waals surface area (Å²) in [5.41, 5.74) is 2.02. The molecule has 3 rings (SSSR count). The molecule has 2 heterocycles. The van der Waals surface area contributed by atoms with Gasteiger partial charge < -0.3 is 4.98 Å². The fourth-order valence-electron chi connectivity index (χ4n) is 1.63. The molecule has 2 aliphatic rings. The minimum atomic E-state index is 0.0944. The number of fused-ring (bicyclic) bond motifs is 1. The van der Waals surface area contributed by atoms with Crippen molar-refractivity contribution in [2.45, 2.75) is 30.3 Å². The molecule has 1 aliphatic heterocycles. The number of hydrogen-bond acceptors (Lipinski definition) is 3. The number of hydrogen-bond donors (Lipinski definition) is 1. The molecule has 13 heavy (non-hydrogen) atoms. The molecular weight excluding hydrogens is 184 g/mol. The van der Waals surface area contributed by atoms with Crippen LogP contribution in [0.2, 0.25) is 0 Å². The maximum absolute atomic E-state index is 11.6. The average Bonchev–Trinajstić information content (AvgIpc) is 2.85. The summed E-state index contributed by atoms with van der Waals surface area (Å²) in [5.74, 6) is 3.22. The van der Waals surface area contributed by atoms with Crippen LogP contribution in [0.25, 0.3) is 0 Å². The van der Waals surface area contributed by atoms with Gasteiger partial charge in [0.2, 0.25) is 0 Å². The van der Waals surface area contributed by atoms with Crippen LogP contribution in [0.4, 0.5) is 0 Å². The van der Waals surface area contributed by atoms with Crippen molar-refractivity contribution < 1.29 is 0 Å². The predicted octanol–water partition coefficient (Wildman–Crippen LogP) is 1.39. The van der Waals surface area contributed by atoms with Crippen LogP contribution in [-0.2, 0) is 11.5 Å². The Kier molecular flexibility index (Phi) is 1.53. The molecule has 1 aromatic rings. The standard InChI is InChI=1S/C9H10N2OS/c12-9-6-3-13-4-7(6)10-8(11-9)5-1-2-5/h5H,1-4H2,(H,10,11,12). The normalized spacial score (nSPS) is 20.3. The van der Waals surface area contributed by atoms with Crippen molar-refractivity contribution >= 4 is 11.8 Å². The first-order valence-corrected chi connectivity index (χ1v) is 5.70. The molecule has 0 atom stereocenters. The van der Waals surface area contributed by atoms with Gasteiger partial charge >= 0.3 is 0 Å².